The van der Waals surface area contributed by atoms with Gasteiger partial charge < -0.3 is 9.47 Å². The van der Waals surface area contributed by atoms with Crippen LogP contribution in [0.1, 0.15) is 21.9 Å². The van der Waals surface area contributed by atoms with Gasteiger partial charge in [-0.15, -0.1) is 0 Å². The van der Waals surface area contributed by atoms with Crippen molar-refractivity contribution in [1.82, 2.24) is 9.55 Å². The fourth-order valence-corrected chi connectivity index (χ4v) is 3.40. The molecule has 0 fully saturated rings. The minimum absolute atomic E-state index is 0.134. The molecule has 1 aromatic heterocycles. The number of benzene rings is 2. The summed E-state index contributed by atoms with van der Waals surface area (Å²) in [4.78, 5) is 19.4. The minimum Gasteiger partial charge on any atom is -0.322 e. The smallest absolute Gasteiger partial charge is 0.294 e. The Kier molecular flexibility index (Phi) is 4.35. The third-order valence-electron chi connectivity index (χ3n) is 4.39. The van der Waals surface area contributed by atoms with Crippen LogP contribution in [0.3, 0.4) is 0 Å². The van der Waals surface area contributed by atoms with E-state index in [4.69, 9.17) is 11.6 Å². The largest absolute Gasteiger partial charge is 0.322 e. The van der Waals surface area contributed by atoms with Gasteiger partial charge >= 0.3 is 0 Å². The van der Waals surface area contributed by atoms with Gasteiger partial charge in [0.05, 0.1) is 5.69 Å². The molecule has 2 heterocycles. The first-order chi connectivity index (χ1) is 12.6. The lowest BCUT2D eigenvalue weighted by Crippen LogP contribution is -2.32. The zero-order valence-corrected chi connectivity index (χ0v) is 15.0. The van der Waals surface area contributed by atoms with Crippen LogP contribution in [0.15, 0.2) is 72.9 Å². The Morgan fingerprint density at radius 2 is 1.88 bits per heavy atom. The van der Waals surface area contributed by atoms with E-state index in [9.17, 15) is 4.79 Å². The van der Waals surface area contributed by atoms with E-state index in [-0.39, 0.29) is 5.91 Å². The van der Waals surface area contributed by atoms with Crippen LogP contribution in [0.25, 0.3) is 0 Å². The van der Waals surface area contributed by atoms with Crippen LogP contribution in [0, 0.1) is 0 Å². The molecule has 4 rings (SSSR count). The van der Waals surface area contributed by atoms with Gasteiger partial charge in [-0.2, -0.15) is 0 Å². The highest BCUT2D eigenvalue weighted by atomic mass is 35.5. The number of nitrogens with zero attached hydrogens (tertiary/aromatic N) is 3. The highest BCUT2D eigenvalue weighted by Gasteiger charge is 2.27. The molecule has 0 radical (unpaired) electrons. The molecular formula is C21H18ClN3O. The Labute approximate surface area is 157 Å². The van der Waals surface area contributed by atoms with E-state index in [1.54, 1.807) is 17.0 Å². The van der Waals surface area contributed by atoms with Crippen molar-refractivity contribution in [2.75, 3.05) is 11.4 Å². The first kappa shape index (κ1) is 16.6. The van der Waals surface area contributed by atoms with Gasteiger partial charge in [-0.1, -0.05) is 54.6 Å². The monoisotopic (exact) mass is 363 g/mol. The van der Waals surface area contributed by atoms with Crippen LogP contribution in [-0.4, -0.2) is 22.0 Å². The average Bonchev–Trinajstić information content (AvgIpc) is 2.97. The van der Waals surface area contributed by atoms with E-state index in [0.29, 0.717) is 30.4 Å². The third kappa shape index (κ3) is 3.28. The number of halogens is 1. The highest BCUT2D eigenvalue weighted by molar-refractivity contribution is 6.31. The molecule has 0 saturated heterocycles. The number of fused-ring (bicyclic) bond motifs is 1. The summed E-state index contributed by atoms with van der Waals surface area (Å²) in [5.74, 6) is 0.305. The maximum absolute atomic E-state index is 13.1. The van der Waals surface area contributed by atoms with Crippen molar-refractivity contribution in [2.45, 2.75) is 13.0 Å². The Balaban J connectivity index is 1.69. The van der Waals surface area contributed by atoms with Crippen LogP contribution >= 0.6 is 11.6 Å². The van der Waals surface area contributed by atoms with Gasteiger partial charge in [0.15, 0.2) is 5.82 Å². The average molecular weight is 364 g/mol. The highest BCUT2D eigenvalue weighted by Crippen LogP contribution is 2.25. The van der Waals surface area contributed by atoms with Gasteiger partial charge in [0.1, 0.15) is 0 Å². The van der Waals surface area contributed by atoms with Crippen molar-refractivity contribution >= 4 is 23.2 Å². The van der Waals surface area contributed by atoms with Crippen LogP contribution < -0.4 is 4.90 Å². The molecular weight excluding hydrogens is 346 g/mol. The molecule has 0 N–H and O–H groups in total. The van der Waals surface area contributed by atoms with E-state index >= 15 is 0 Å². The lowest BCUT2D eigenvalue weighted by Gasteiger charge is -2.20. The number of hydrogen-bond donors (Lipinski definition) is 0. The Morgan fingerprint density at radius 1 is 1.08 bits per heavy atom. The van der Waals surface area contributed by atoms with Crippen molar-refractivity contribution < 1.29 is 4.79 Å². The summed E-state index contributed by atoms with van der Waals surface area (Å²) in [6.07, 6.45) is 2.64. The van der Waals surface area contributed by atoms with Gasteiger partial charge in [0.2, 0.25) is 0 Å². The van der Waals surface area contributed by atoms with Crippen LogP contribution in [0.4, 0.5) is 5.69 Å². The summed E-state index contributed by atoms with van der Waals surface area (Å²) in [7, 11) is 0. The van der Waals surface area contributed by atoms with Gasteiger partial charge in [0, 0.05) is 36.4 Å². The second kappa shape index (κ2) is 6.81. The Bertz CT molecular complexity index is 978. The SMILES string of the molecule is C=C1CN(c2cccc(Cl)c2)C(=O)c2nc(Cc3ccccc3)cn2C1. The molecule has 26 heavy (non-hydrogen) atoms. The molecule has 1 amide bonds. The molecule has 0 bridgehead atoms. The van der Waals surface area contributed by atoms with Crippen molar-refractivity contribution in [1.29, 1.82) is 0 Å². The van der Waals surface area contributed by atoms with Crippen molar-refractivity contribution in [2.24, 2.45) is 0 Å². The zero-order valence-electron chi connectivity index (χ0n) is 14.2. The molecule has 5 heteroatoms. The number of carbonyl (C=O) groups excluding carboxylic acids is 1. The van der Waals surface area contributed by atoms with Gasteiger partial charge in [0.25, 0.3) is 5.91 Å². The summed E-state index contributed by atoms with van der Waals surface area (Å²) in [6, 6.07) is 17.4. The summed E-state index contributed by atoms with van der Waals surface area (Å²) in [6.45, 7) is 5.16. The number of hydrogen-bond acceptors (Lipinski definition) is 2. The van der Waals surface area contributed by atoms with Crippen LogP contribution in [-0.2, 0) is 13.0 Å². The van der Waals surface area contributed by atoms with Crippen molar-refractivity contribution in [3.05, 3.63) is 95.1 Å². The number of anilines is 1. The molecule has 0 spiro atoms. The maximum Gasteiger partial charge on any atom is 0.294 e. The third-order valence-corrected chi connectivity index (χ3v) is 4.62. The molecule has 1 aliphatic rings. The molecule has 1 aliphatic heterocycles. The lowest BCUT2D eigenvalue weighted by atomic mass is 10.1. The second-order valence-corrected chi connectivity index (χ2v) is 6.90. The number of carbonyl (C=O) groups is 1. The molecule has 0 aliphatic carbocycles. The number of rotatable bonds is 3. The van der Waals surface area contributed by atoms with E-state index in [1.165, 1.54) is 5.56 Å². The number of imidazole rings is 1. The van der Waals surface area contributed by atoms with Crippen molar-refractivity contribution in [3.8, 4) is 0 Å². The minimum atomic E-state index is -0.134. The fourth-order valence-electron chi connectivity index (χ4n) is 3.21. The van der Waals surface area contributed by atoms with Crippen LogP contribution in [0.5, 0.6) is 0 Å². The lowest BCUT2D eigenvalue weighted by molar-refractivity contribution is 0.0979. The first-order valence-electron chi connectivity index (χ1n) is 8.44. The van der Waals surface area contributed by atoms with E-state index < -0.39 is 0 Å². The number of aromatic nitrogens is 2. The summed E-state index contributed by atoms with van der Waals surface area (Å²) in [5.41, 5.74) is 3.74. The topological polar surface area (TPSA) is 38.1 Å². The quantitative estimate of drug-likeness (QED) is 0.649. The molecule has 4 nitrogen and oxygen atoms in total. The predicted octanol–water partition coefficient (Wildman–Crippen LogP) is 4.34. The fraction of sp³-hybridized carbons (Fsp3) is 0.143. The normalized spacial score (nSPS) is 14.3. The Morgan fingerprint density at radius 3 is 2.65 bits per heavy atom. The van der Waals surface area contributed by atoms with Crippen LogP contribution in [0.2, 0.25) is 5.02 Å². The summed E-state index contributed by atoms with van der Waals surface area (Å²) in [5, 5.41) is 0.596. The summed E-state index contributed by atoms with van der Waals surface area (Å²) < 4.78 is 1.90. The zero-order chi connectivity index (χ0) is 18.1. The van der Waals surface area contributed by atoms with E-state index in [0.717, 1.165) is 17.0 Å². The molecule has 0 unspecified atom stereocenters. The Hall–Kier alpha value is -2.85. The maximum atomic E-state index is 13.1. The summed E-state index contributed by atoms with van der Waals surface area (Å²) >= 11 is 6.10. The van der Waals surface area contributed by atoms with Gasteiger partial charge in [-0.25, -0.2) is 4.98 Å². The molecule has 2 aromatic carbocycles. The standard InChI is InChI=1S/C21H18ClN3O/c1-15-12-24-14-18(10-16-6-3-2-4-7-16)23-20(24)21(26)25(13-15)19-9-5-8-17(22)11-19/h2-9,11,14H,1,10,12-13H2. The molecule has 130 valence electrons. The second-order valence-electron chi connectivity index (χ2n) is 6.47. The van der Waals surface area contributed by atoms with Crippen molar-refractivity contribution in [3.63, 3.8) is 0 Å². The predicted molar refractivity (Wildman–Crippen MR) is 104 cm³/mol. The first-order valence-corrected chi connectivity index (χ1v) is 8.82. The van der Waals surface area contributed by atoms with E-state index in [2.05, 4.69) is 23.7 Å². The molecule has 3 aromatic rings. The molecule has 0 saturated carbocycles. The van der Waals surface area contributed by atoms with Gasteiger partial charge in [-0.05, 0) is 29.3 Å². The molecule has 0 atom stereocenters. The van der Waals surface area contributed by atoms with Gasteiger partial charge in [-0.3, -0.25) is 4.79 Å². The van der Waals surface area contributed by atoms with E-state index in [1.807, 2.05) is 41.1 Å². The number of amides is 1.